The van der Waals surface area contributed by atoms with Crippen LogP contribution in [0.3, 0.4) is 0 Å². The van der Waals surface area contributed by atoms with Crippen molar-refractivity contribution in [2.24, 2.45) is 0 Å². The standard InChI is InChI=1S/C17H21NOS2/c1-12-7-5-6-10-14(12)15-11-16(19)18(17(20)21-15)13-8-3-2-4-9-13/h5-7,10-11,13,16,19H,2-4,8-9H2,1H3. The fourth-order valence-electron chi connectivity index (χ4n) is 3.22. The van der Waals surface area contributed by atoms with Crippen molar-refractivity contribution in [2.75, 3.05) is 0 Å². The summed E-state index contributed by atoms with van der Waals surface area (Å²) in [6, 6.07) is 8.67. The summed E-state index contributed by atoms with van der Waals surface area (Å²) in [6.07, 6.45) is 7.46. The highest BCUT2D eigenvalue weighted by molar-refractivity contribution is 8.29. The Labute approximate surface area is 136 Å². The third-order valence-electron chi connectivity index (χ3n) is 4.37. The fraction of sp³-hybridized carbons (Fsp3) is 0.471. The number of aryl methyl sites for hydroxylation is 1. The summed E-state index contributed by atoms with van der Waals surface area (Å²) in [5.74, 6) is 0. The fourth-order valence-corrected chi connectivity index (χ4v) is 4.83. The minimum atomic E-state index is -0.587. The number of thiocarbonyl (C=S) groups is 1. The van der Waals surface area contributed by atoms with Crippen LogP contribution in [0.15, 0.2) is 30.3 Å². The zero-order valence-corrected chi connectivity index (χ0v) is 13.9. The van der Waals surface area contributed by atoms with Gasteiger partial charge in [-0.1, -0.05) is 67.5 Å². The van der Waals surface area contributed by atoms with E-state index >= 15 is 0 Å². The second-order valence-electron chi connectivity index (χ2n) is 5.83. The quantitative estimate of drug-likeness (QED) is 0.820. The van der Waals surface area contributed by atoms with E-state index in [1.54, 1.807) is 11.8 Å². The maximum Gasteiger partial charge on any atom is 0.148 e. The molecule has 0 bridgehead atoms. The van der Waals surface area contributed by atoms with Crippen molar-refractivity contribution >= 4 is 33.2 Å². The first-order valence-corrected chi connectivity index (χ1v) is 8.85. The summed E-state index contributed by atoms with van der Waals surface area (Å²) in [4.78, 5) is 3.12. The maximum atomic E-state index is 10.6. The van der Waals surface area contributed by atoms with Gasteiger partial charge in [0.1, 0.15) is 10.5 Å². The molecule has 3 rings (SSSR count). The van der Waals surface area contributed by atoms with Gasteiger partial charge in [-0.25, -0.2) is 0 Å². The number of benzene rings is 1. The summed E-state index contributed by atoms with van der Waals surface area (Å²) in [6.45, 7) is 2.10. The van der Waals surface area contributed by atoms with Crippen LogP contribution >= 0.6 is 24.0 Å². The molecule has 0 radical (unpaired) electrons. The van der Waals surface area contributed by atoms with E-state index in [4.69, 9.17) is 12.2 Å². The van der Waals surface area contributed by atoms with Gasteiger partial charge in [-0.3, -0.25) is 0 Å². The second kappa shape index (κ2) is 6.51. The van der Waals surface area contributed by atoms with Gasteiger partial charge in [0.2, 0.25) is 0 Å². The van der Waals surface area contributed by atoms with E-state index in [0.29, 0.717) is 6.04 Å². The van der Waals surface area contributed by atoms with Crippen molar-refractivity contribution < 1.29 is 5.11 Å². The summed E-state index contributed by atoms with van der Waals surface area (Å²) in [7, 11) is 0. The van der Waals surface area contributed by atoms with Crippen LogP contribution in [-0.4, -0.2) is 26.6 Å². The number of thioether (sulfide) groups is 1. The van der Waals surface area contributed by atoms with Gasteiger partial charge >= 0.3 is 0 Å². The van der Waals surface area contributed by atoms with Gasteiger partial charge in [0.25, 0.3) is 0 Å². The van der Waals surface area contributed by atoms with Crippen LogP contribution in [0.1, 0.15) is 43.2 Å². The lowest BCUT2D eigenvalue weighted by Crippen LogP contribution is -2.47. The summed E-state index contributed by atoms with van der Waals surface area (Å²) < 4.78 is 0.815. The smallest absolute Gasteiger partial charge is 0.148 e. The monoisotopic (exact) mass is 319 g/mol. The molecule has 0 spiro atoms. The summed E-state index contributed by atoms with van der Waals surface area (Å²) in [5, 5.41) is 10.6. The lowest BCUT2D eigenvalue weighted by molar-refractivity contribution is 0.0584. The third kappa shape index (κ3) is 3.17. The van der Waals surface area contributed by atoms with Gasteiger partial charge in [0.05, 0.1) is 0 Å². The third-order valence-corrected chi connectivity index (χ3v) is 5.79. The van der Waals surface area contributed by atoms with Crippen LogP contribution in [0.25, 0.3) is 4.91 Å². The summed E-state index contributed by atoms with van der Waals surface area (Å²) >= 11 is 7.21. The number of aliphatic hydroxyl groups is 1. The summed E-state index contributed by atoms with van der Waals surface area (Å²) in [5.41, 5.74) is 2.39. The highest BCUT2D eigenvalue weighted by atomic mass is 32.2. The number of aliphatic hydroxyl groups excluding tert-OH is 1. The van der Waals surface area contributed by atoms with Crippen molar-refractivity contribution in [2.45, 2.75) is 51.3 Å². The molecule has 2 aliphatic rings. The Balaban J connectivity index is 1.85. The largest absolute Gasteiger partial charge is 0.370 e. The zero-order valence-electron chi connectivity index (χ0n) is 12.3. The van der Waals surface area contributed by atoms with E-state index in [0.717, 1.165) is 22.1 Å². The second-order valence-corrected chi connectivity index (χ2v) is 7.50. The van der Waals surface area contributed by atoms with E-state index in [2.05, 4.69) is 19.1 Å². The Morgan fingerprint density at radius 1 is 1.19 bits per heavy atom. The first-order chi connectivity index (χ1) is 10.2. The lowest BCUT2D eigenvalue weighted by Gasteiger charge is -2.40. The van der Waals surface area contributed by atoms with Gasteiger partial charge in [-0.2, -0.15) is 0 Å². The van der Waals surface area contributed by atoms with E-state index in [1.807, 2.05) is 23.1 Å². The molecule has 1 fully saturated rings. The van der Waals surface area contributed by atoms with Crippen molar-refractivity contribution in [3.63, 3.8) is 0 Å². The van der Waals surface area contributed by atoms with Gasteiger partial charge in [-0.05, 0) is 37.0 Å². The van der Waals surface area contributed by atoms with Crippen molar-refractivity contribution in [3.05, 3.63) is 41.5 Å². The molecule has 1 heterocycles. The number of rotatable bonds is 2. The minimum absolute atomic E-state index is 0.406. The molecule has 0 saturated heterocycles. The van der Waals surface area contributed by atoms with Crippen LogP contribution in [-0.2, 0) is 0 Å². The predicted molar refractivity (Wildman–Crippen MR) is 94.1 cm³/mol. The van der Waals surface area contributed by atoms with Crippen LogP contribution in [0, 0.1) is 6.92 Å². The van der Waals surface area contributed by atoms with Crippen molar-refractivity contribution in [1.29, 1.82) is 0 Å². The molecule has 1 aliphatic heterocycles. The molecule has 1 saturated carbocycles. The molecule has 4 heteroatoms. The minimum Gasteiger partial charge on any atom is -0.370 e. The molecule has 112 valence electrons. The van der Waals surface area contributed by atoms with Crippen molar-refractivity contribution in [1.82, 2.24) is 4.90 Å². The Hall–Kier alpha value is -0.840. The van der Waals surface area contributed by atoms with E-state index in [-0.39, 0.29) is 0 Å². The van der Waals surface area contributed by atoms with Crippen LogP contribution in [0.2, 0.25) is 0 Å². The molecular formula is C17H21NOS2. The highest BCUT2D eigenvalue weighted by Crippen LogP contribution is 2.39. The molecule has 2 nitrogen and oxygen atoms in total. The van der Waals surface area contributed by atoms with Crippen LogP contribution in [0.4, 0.5) is 0 Å². The van der Waals surface area contributed by atoms with E-state index in [1.165, 1.54) is 30.4 Å². The molecular weight excluding hydrogens is 298 g/mol. The average molecular weight is 319 g/mol. The molecule has 1 N–H and O–H groups in total. The average Bonchev–Trinajstić information content (AvgIpc) is 2.48. The zero-order chi connectivity index (χ0) is 14.8. The lowest BCUT2D eigenvalue weighted by atomic mass is 9.94. The number of hydrogen-bond acceptors (Lipinski definition) is 3. The van der Waals surface area contributed by atoms with Gasteiger partial charge < -0.3 is 10.0 Å². The Kier molecular flexibility index (Phi) is 4.67. The molecule has 1 aromatic carbocycles. The van der Waals surface area contributed by atoms with Gasteiger partial charge in [0.15, 0.2) is 0 Å². The first kappa shape index (κ1) is 15.1. The maximum absolute atomic E-state index is 10.6. The van der Waals surface area contributed by atoms with E-state index < -0.39 is 6.23 Å². The molecule has 1 aromatic rings. The van der Waals surface area contributed by atoms with E-state index in [9.17, 15) is 5.11 Å². The number of hydrogen-bond donors (Lipinski definition) is 1. The molecule has 0 amide bonds. The first-order valence-electron chi connectivity index (χ1n) is 7.63. The molecule has 0 aromatic heterocycles. The highest BCUT2D eigenvalue weighted by Gasteiger charge is 2.32. The van der Waals surface area contributed by atoms with Crippen LogP contribution < -0.4 is 0 Å². The predicted octanol–water partition coefficient (Wildman–Crippen LogP) is 4.32. The SMILES string of the molecule is Cc1ccccc1C1=CC(O)N(C2CCCCC2)C(=S)S1. The normalized spacial score (nSPS) is 24.1. The Morgan fingerprint density at radius 3 is 2.57 bits per heavy atom. The van der Waals surface area contributed by atoms with Gasteiger partial charge in [0, 0.05) is 10.9 Å². The van der Waals surface area contributed by atoms with Gasteiger partial charge in [-0.15, -0.1) is 0 Å². The van der Waals surface area contributed by atoms with Crippen molar-refractivity contribution in [3.8, 4) is 0 Å². The molecule has 21 heavy (non-hydrogen) atoms. The Morgan fingerprint density at radius 2 is 1.90 bits per heavy atom. The van der Waals surface area contributed by atoms with Crippen LogP contribution in [0.5, 0.6) is 0 Å². The molecule has 1 atom stereocenters. The molecule has 1 aliphatic carbocycles. The number of nitrogens with zero attached hydrogens (tertiary/aromatic N) is 1. The Bertz CT molecular complexity index is 564. The molecule has 1 unspecified atom stereocenters. The topological polar surface area (TPSA) is 23.5 Å².